The molecule has 0 aliphatic heterocycles. The summed E-state index contributed by atoms with van der Waals surface area (Å²) in [5, 5.41) is 25.1. The third kappa shape index (κ3) is 4.62. The molecule has 2 N–H and O–H groups in total. The van der Waals surface area contributed by atoms with Crippen LogP contribution in [-0.4, -0.2) is 28.8 Å². The molecule has 1 amide bonds. The van der Waals surface area contributed by atoms with Crippen molar-refractivity contribution in [2.45, 2.75) is 6.92 Å². The van der Waals surface area contributed by atoms with Gasteiger partial charge in [0.2, 0.25) is 5.75 Å². The van der Waals surface area contributed by atoms with Crippen molar-refractivity contribution in [2.75, 3.05) is 6.61 Å². The topological polar surface area (TPSA) is 114 Å². The Bertz CT molecular complexity index is 886. The van der Waals surface area contributed by atoms with Gasteiger partial charge in [0, 0.05) is 16.7 Å². The van der Waals surface area contributed by atoms with Gasteiger partial charge in [-0.25, -0.2) is 5.43 Å². The molecule has 8 nitrogen and oxygen atoms in total. The van der Waals surface area contributed by atoms with Crippen LogP contribution in [0.15, 0.2) is 35.4 Å². The minimum Gasteiger partial charge on any atom is -0.500 e. The van der Waals surface area contributed by atoms with Gasteiger partial charge in [-0.1, -0.05) is 23.2 Å². The van der Waals surface area contributed by atoms with Crippen LogP contribution in [0.2, 0.25) is 10.0 Å². The molecular weight excluding hydrogens is 385 g/mol. The number of phenolic OH excluding ortho intramolecular Hbond substituents is 1. The molecule has 0 bridgehead atoms. The Hall–Kier alpha value is -2.84. The molecule has 0 fully saturated rings. The monoisotopic (exact) mass is 397 g/mol. The fraction of sp³-hybridized carbons (Fsp3) is 0.125. The highest BCUT2D eigenvalue weighted by molar-refractivity contribution is 6.36. The van der Waals surface area contributed by atoms with E-state index in [-0.39, 0.29) is 28.5 Å². The van der Waals surface area contributed by atoms with Crippen molar-refractivity contribution in [2.24, 2.45) is 5.10 Å². The van der Waals surface area contributed by atoms with Crippen molar-refractivity contribution in [3.8, 4) is 11.5 Å². The molecule has 0 radical (unpaired) electrons. The van der Waals surface area contributed by atoms with Crippen molar-refractivity contribution in [3.63, 3.8) is 0 Å². The maximum absolute atomic E-state index is 12.0. The fourth-order valence-electron chi connectivity index (χ4n) is 1.99. The molecule has 2 rings (SSSR count). The number of carbonyl (C=O) groups is 1. The van der Waals surface area contributed by atoms with Crippen LogP contribution in [0.5, 0.6) is 11.5 Å². The van der Waals surface area contributed by atoms with Gasteiger partial charge in [0.05, 0.1) is 28.3 Å². The molecule has 0 atom stereocenters. The average molecular weight is 398 g/mol. The predicted octanol–water partition coefficient (Wildman–Crippen LogP) is 3.77. The van der Waals surface area contributed by atoms with Crippen LogP contribution < -0.4 is 10.2 Å². The van der Waals surface area contributed by atoms with Gasteiger partial charge in [0.25, 0.3) is 5.91 Å². The first kappa shape index (κ1) is 19.5. The lowest BCUT2D eigenvalue weighted by molar-refractivity contribution is -0.386. The number of nitrogens with one attached hydrogen (secondary N) is 1. The lowest BCUT2D eigenvalue weighted by Gasteiger charge is -2.07. The molecular formula is C16H13Cl2N3O5. The number of ether oxygens (including phenoxy) is 1. The van der Waals surface area contributed by atoms with E-state index in [4.69, 9.17) is 27.9 Å². The molecule has 0 aromatic heterocycles. The van der Waals surface area contributed by atoms with E-state index in [0.29, 0.717) is 5.02 Å². The van der Waals surface area contributed by atoms with E-state index >= 15 is 0 Å². The summed E-state index contributed by atoms with van der Waals surface area (Å²) in [5.41, 5.74) is 2.13. The number of phenols is 1. The molecule has 136 valence electrons. The molecule has 26 heavy (non-hydrogen) atoms. The Kier molecular flexibility index (Phi) is 6.37. The van der Waals surface area contributed by atoms with Crippen LogP contribution >= 0.6 is 23.2 Å². The third-order valence-electron chi connectivity index (χ3n) is 3.13. The first-order valence-corrected chi connectivity index (χ1v) is 8.01. The number of rotatable bonds is 6. The molecule has 2 aromatic carbocycles. The minimum atomic E-state index is -0.749. The largest absolute Gasteiger partial charge is 0.500 e. The van der Waals surface area contributed by atoms with Gasteiger partial charge in [-0.05, 0) is 31.2 Å². The molecule has 0 unspecified atom stereocenters. The number of hydrazone groups is 1. The van der Waals surface area contributed by atoms with Gasteiger partial charge in [0.15, 0.2) is 5.75 Å². The van der Waals surface area contributed by atoms with Crippen LogP contribution in [0, 0.1) is 10.1 Å². The molecule has 0 aliphatic rings. The number of benzene rings is 2. The van der Waals surface area contributed by atoms with Crippen molar-refractivity contribution < 1.29 is 19.6 Å². The number of nitro benzene ring substituents is 1. The van der Waals surface area contributed by atoms with Crippen LogP contribution in [-0.2, 0) is 0 Å². The van der Waals surface area contributed by atoms with E-state index in [1.54, 1.807) is 6.92 Å². The third-order valence-corrected chi connectivity index (χ3v) is 3.68. The van der Waals surface area contributed by atoms with Crippen molar-refractivity contribution in [1.29, 1.82) is 0 Å². The van der Waals surface area contributed by atoms with E-state index in [2.05, 4.69) is 10.5 Å². The zero-order valence-corrected chi connectivity index (χ0v) is 14.9. The Morgan fingerprint density at radius 1 is 1.38 bits per heavy atom. The summed E-state index contributed by atoms with van der Waals surface area (Å²) in [5.74, 6) is -1.22. The molecule has 0 saturated carbocycles. The molecule has 10 heteroatoms. The summed E-state index contributed by atoms with van der Waals surface area (Å²) < 4.78 is 5.16. The van der Waals surface area contributed by atoms with Crippen LogP contribution in [0.25, 0.3) is 0 Å². The number of amides is 1. The molecule has 2 aromatic rings. The van der Waals surface area contributed by atoms with Gasteiger partial charge in [-0.15, -0.1) is 0 Å². The Morgan fingerprint density at radius 3 is 2.73 bits per heavy atom. The lowest BCUT2D eigenvalue weighted by Crippen LogP contribution is -2.18. The number of nitrogens with zero attached hydrogens (tertiary/aromatic N) is 2. The highest BCUT2D eigenvalue weighted by Crippen LogP contribution is 2.36. The highest BCUT2D eigenvalue weighted by atomic mass is 35.5. The van der Waals surface area contributed by atoms with E-state index < -0.39 is 22.3 Å². The van der Waals surface area contributed by atoms with Crippen LogP contribution in [0.4, 0.5) is 5.69 Å². The first-order valence-electron chi connectivity index (χ1n) is 7.26. The van der Waals surface area contributed by atoms with E-state index in [0.717, 1.165) is 6.07 Å². The van der Waals surface area contributed by atoms with E-state index in [1.807, 2.05) is 0 Å². The maximum Gasteiger partial charge on any atom is 0.315 e. The molecule has 0 aliphatic carbocycles. The molecule has 0 spiro atoms. The second-order valence-electron chi connectivity index (χ2n) is 4.90. The average Bonchev–Trinajstić information content (AvgIpc) is 2.57. The van der Waals surface area contributed by atoms with E-state index in [9.17, 15) is 20.0 Å². The van der Waals surface area contributed by atoms with Gasteiger partial charge in [0.1, 0.15) is 0 Å². The van der Waals surface area contributed by atoms with Crippen molar-refractivity contribution in [3.05, 3.63) is 61.6 Å². The van der Waals surface area contributed by atoms with Gasteiger partial charge >= 0.3 is 5.69 Å². The Labute approximate surface area is 158 Å². The summed E-state index contributed by atoms with van der Waals surface area (Å²) in [6.07, 6.45) is 1.18. The first-order chi connectivity index (χ1) is 12.3. The number of carbonyl (C=O) groups excluding carboxylic acids is 1. The van der Waals surface area contributed by atoms with E-state index in [1.165, 1.54) is 30.5 Å². The lowest BCUT2D eigenvalue weighted by atomic mass is 10.2. The number of hydrogen-bond donors (Lipinski definition) is 2. The SMILES string of the molecule is CCOc1cc(/C=N/NC(=O)c2ccc(Cl)cc2Cl)cc([N+](=O)[O-])c1O. The van der Waals surface area contributed by atoms with Crippen molar-refractivity contribution in [1.82, 2.24) is 5.43 Å². The maximum atomic E-state index is 12.0. The zero-order valence-electron chi connectivity index (χ0n) is 13.4. The van der Waals surface area contributed by atoms with Crippen LogP contribution in [0.3, 0.4) is 0 Å². The minimum absolute atomic E-state index is 0.0600. The summed E-state index contributed by atoms with van der Waals surface area (Å²) >= 11 is 11.7. The summed E-state index contributed by atoms with van der Waals surface area (Å²) in [6.45, 7) is 1.87. The van der Waals surface area contributed by atoms with Crippen molar-refractivity contribution >= 4 is 41.0 Å². The summed E-state index contributed by atoms with van der Waals surface area (Å²) in [6, 6.07) is 6.82. The number of aromatic hydroxyl groups is 1. The normalized spacial score (nSPS) is 10.7. The number of hydrogen-bond acceptors (Lipinski definition) is 6. The Balaban J connectivity index is 2.21. The second-order valence-corrected chi connectivity index (χ2v) is 5.74. The summed E-state index contributed by atoms with van der Waals surface area (Å²) in [4.78, 5) is 22.3. The molecule has 0 saturated heterocycles. The van der Waals surface area contributed by atoms with Gasteiger partial charge in [-0.3, -0.25) is 14.9 Å². The Morgan fingerprint density at radius 2 is 2.12 bits per heavy atom. The zero-order chi connectivity index (χ0) is 19.3. The smallest absolute Gasteiger partial charge is 0.315 e. The van der Waals surface area contributed by atoms with Gasteiger partial charge in [-0.2, -0.15) is 5.10 Å². The van der Waals surface area contributed by atoms with Gasteiger partial charge < -0.3 is 9.84 Å². The number of halogens is 2. The quantitative estimate of drug-likeness (QED) is 0.437. The fourth-order valence-corrected chi connectivity index (χ4v) is 2.49. The predicted molar refractivity (Wildman–Crippen MR) is 97.5 cm³/mol. The number of nitro groups is 1. The molecule has 0 heterocycles. The highest BCUT2D eigenvalue weighted by Gasteiger charge is 2.19. The summed E-state index contributed by atoms with van der Waals surface area (Å²) in [7, 11) is 0. The second kappa shape index (κ2) is 8.50. The standard InChI is InChI=1S/C16H13Cl2N3O5/c1-2-26-14-6-9(5-13(15(14)22)21(24)25)8-19-20-16(23)11-4-3-10(17)7-12(11)18/h3-8,22H,2H2,1H3,(H,20,23)/b19-8+. The van der Waals surface area contributed by atoms with Crippen LogP contribution in [0.1, 0.15) is 22.8 Å².